The van der Waals surface area contributed by atoms with Gasteiger partial charge in [0, 0.05) is 43.5 Å². The molecule has 1 aromatic carbocycles. The Morgan fingerprint density at radius 2 is 2.00 bits per heavy atom. The number of hydrogen-bond acceptors (Lipinski definition) is 10. The molecule has 2 heterocycles. The van der Waals surface area contributed by atoms with E-state index in [1.54, 1.807) is 18.2 Å². The molecule has 0 aliphatic rings. The van der Waals surface area contributed by atoms with Gasteiger partial charge >= 0.3 is 0 Å². The van der Waals surface area contributed by atoms with Gasteiger partial charge in [-0.1, -0.05) is 20.8 Å². The Labute approximate surface area is 227 Å². The second-order valence-electron chi connectivity index (χ2n) is 9.69. The summed E-state index contributed by atoms with van der Waals surface area (Å²) in [5.74, 6) is -0.151. The van der Waals surface area contributed by atoms with Crippen LogP contribution in [0.2, 0.25) is 0 Å². The fourth-order valence-electron chi connectivity index (χ4n) is 3.80. The van der Waals surface area contributed by atoms with Crippen molar-refractivity contribution in [2.24, 2.45) is 10.2 Å². The lowest BCUT2D eigenvalue weighted by atomic mass is 9.90. The highest BCUT2D eigenvalue weighted by Gasteiger charge is 2.28. The monoisotopic (exact) mass is 553 g/mol. The van der Waals surface area contributed by atoms with Crippen molar-refractivity contribution in [1.82, 2.24) is 19.7 Å². The topological polar surface area (TPSA) is 179 Å². The largest absolute Gasteiger partial charge is 0.372 e. The summed E-state index contributed by atoms with van der Waals surface area (Å²) in [5, 5.41) is 26.1. The number of nitrogens with one attached hydrogen (secondary N) is 1. The Balaban J connectivity index is 2.06. The Morgan fingerprint density at radius 1 is 1.26 bits per heavy atom. The van der Waals surface area contributed by atoms with Gasteiger partial charge in [0.25, 0.3) is 10.1 Å². The number of rotatable bonds is 10. The summed E-state index contributed by atoms with van der Waals surface area (Å²) in [7, 11) is -4.06. The number of carbonyl (C=O) groups is 1. The summed E-state index contributed by atoms with van der Waals surface area (Å²) in [5.41, 5.74) is 1.71. The third-order valence-electron chi connectivity index (χ3n) is 5.57. The van der Waals surface area contributed by atoms with Crippen LogP contribution in [-0.4, -0.2) is 57.5 Å². The number of nitriles is 1. The van der Waals surface area contributed by atoms with Gasteiger partial charge in [0.05, 0.1) is 23.3 Å². The SMILES string of the molecule is CCN(CCCS(=O)(=O)O)c1ccc(/N=N/c2c(C#N)c(C(C)(C)C)nn2-c2cnccn2)c(NC(C)=O)c1. The molecule has 0 aliphatic heterocycles. The van der Waals surface area contributed by atoms with E-state index in [0.29, 0.717) is 41.7 Å². The minimum Gasteiger partial charge on any atom is -0.372 e. The van der Waals surface area contributed by atoms with Gasteiger partial charge in [-0.05, 0) is 31.5 Å². The minimum absolute atomic E-state index is 0.168. The molecule has 3 aromatic rings. The van der Waals surface area contributed by atoms with Crippen molar-refractivity contribution in [2.45, 2.75) is 46.5 Å². The predicted molar refractivity (Wildman–Crippen MR) is 146 cm³/mol. The standard InChI is InChI=1S/C25H31N9O4S/c1-6-33(12-7-13-39(36,37)38)18-8-9-20(21(14-18)29-17(2)35)30-31-24-19(15-26)23(25(3,4)5)32-34(24)22-16-27-10-11-28-22/h8-11,14,16H,6-7,12-13H2,1-5H3,(H,29,35)(H,36,37,38)/b31-30+. The second-order valence-corrected chi connectivity index (χ2v) is 11.3. The molecular formula is C25H31N9O4S. The Kier molecular flexibility index (Phi) is 9.10. The van der Waals surface area contributed by atoms with Crippen LogP contribution in [0.25, 0.3) is 5.82 Å². The first-order chi connectivity index (χ1) is 18.3. The zero-order valence-corrected chi connectivity index (χ0v) is 23.3. The first-order valence-corrected chi connectivity index (χ1v) is 13.8. The molecule has 0 spiro atoms. The van der Waals surface area contributed by atoms with Crippen molar-refractivity contribution >= 4 is 38.9 Å². The van der Waals surface area contributed by atoms with Gasteiger partial charge in [0.2, 0.25) is 5.91 Å². The van der Waals surface area contributed by atoms with Gasteiger partial charge in [-0.3, -0.25) is 14.3 Å². The van der Waals surface area contributed by atoms with Crippen molar-refractivity contribution < 1.29 is 17.8 Å². The Morgan fingerprint density at radius 3 is 2.56 bits per heavy atom. The van der Waals surface area contributed by atoms with Crippen LogP contribution in [0.5, 0.6) is 0 Å². The van der Waals surface area contributed by atoms with Crippen LogP contribution in [0.15, 0.2) is 47.0 Å². The summed E-state index contributed by atoms with van der Waals surface area (Å²) in [6.45, 7) is 10.00. The summed E-state index contributed by atoms with van der Waals surface area (Å²) in [4.78, 5) is 22.2. The fourth-order valence-corrected chi connectivity index (χ4v) is 4.29. The number of hydrogen-bond donors (Lipinski definition) is 2. The molecule has 3 rings (SSSR count). The molecule has 206 valence electrons. The molecule has 0 saturated heterocycles. The number of nitrogens with zero attached hydrogens (tertiary/aromatic N) is 8. The molecule has 0 fully saturated rings. The first kappa shape index (κ1) is 29.3. The average Bonchev–Trinajstić information content (AvgIpc) is 3.24. The molecule has 1 amide bonds. The molecule has 13 nitrogen and oxygen atoms in total. The third kappa shape index (κ3) is 7.65. The number of amides is 1. The van der Waals surface area contributed by atoms with E-state index in [4.69, 9.17) is 4.55 Å². The van der Waals surface area contributed by atoms with Gasteiger partial charge < -0.3 is 10.2 Å². The smallest absolute Gasteiger partial charge is 0.264 e. The van der Waals surface area contributed by atoms with Crippen LogP contribution in [0.1, 0.15) is 52.3 Å². The highest BCUT2D eigenvalue weighted by Crippen LogP contribution is 2.36. The van der Waals surface area contributed by atoms with Crippen molar-refractivity contribution in [3.63, 3.8) is 0 Å². The highest BCUT2D eigenvalue weighted by molar-refractivity contribution is 7.85. The van der Waals surface area contributed by atoms with Crippen LogP contribution < -0.4 is 10.2 Å². The predicted octanol–water partition coefficient (Wildman–Crippen LogP) is 4.31. The third-order valence-corrected chi connectivity index (χ3v) is 6.37. The molecule has 14 heteroatoms. The summed E-state index contributed by atoms with van der Waals surface area (Å²) in [6.07, 6.45) is 4.75. The Bertz CT molecular complexity index is 1500. The fraction of sp³-hybridized carbons (Fsp3) is 0.400. The molecule has 2 N–H and O–H groups in total. The maximum absolute atomic E-state index is 12.0. The molecule has 0 aliphatic carbocycles. The van der Waals surface area contributed by atoms with E-state index < -0.39 is 15.5 Å². The lowest BCUT2D eigenvalue weighted by Gasteiger charge is -2.24. The number of anilines is 2. The van der Waals surface area contributed by atoms with Gasteiger partial charge in [-0.25, -0.2) is 4.98 Å². The molecule has 0 bridgehead atoms. The van der Waals surface area contributed by atoms with Gasteiger partial charge in [-0.2, -0.15) is 23.5 Å². The minimum atomic E-state index is -4.06. The van der Waals surface area contributed by atoms with Crippen LogP contribution in [0.3, 0.4) is 0 Å². The maximum Gasteiger partial charge on any atom is 0.264 e. The number of aromatic nitrogens is 4. The lowest BCUT2D eigenvalue weighted by molar-refractivity contribution is -0.114. The van der Waals surface area contributed by atoms with Crippen LogP contribution >= 0.6 is 0 Å². The van der Waals surface area contributed by atoms with Gasteiger partial charge in [0.15, 0.2) is 11.6 Å². The van der Waals surface area contributed by atoms with Crippen molar-refractivity contribution in [3.8, 4) is 11.9 Å². The normalized spacial score (nSPS) is 11.9. The summed E-state index contributed by atoms with van der Waals surface area (Å²) < 4.78 is 32.6. The zero-order valence-electron chi connectivity index (χ0n) is 22.5. The van der Waals surface area contributed by atoms with Crippen molar-refractivity contribution in [3.05, 3.63) is 48.0 Å². The first-order valence-electron chi connectivity index (χ1n) is 12.2. The van der Waals surface area contributed by atoms with Crippen molar-refractivity contribution in [2.75, 3.05) is 29.1 Å². The van der Waals surface area contributed by atoms with Crippen LogP contribution in [0, 0.1) is 11.3 Å². The van der Waals surface area contributed by atoms with Gasteiger partial charge in [0.1, 0.15) is 17.3 Å². The zero-order chi connectivity index (χ0) is 28.8. The summed E-state index contributed by atoms with van der Waals surface area (Å²) in [6, 6.07) is 7.32. The molecule has 2 aromatic heterocycles. The molecule has 0 saturated carbocycles. The van der Waals surface area contributed by atoms with Gasteiger partial charge in [-0.15, -0.1) is 10.2 Å². The van der Waals surface area contributed by atoms with E-state index in [1.165, 1.54) is 30.2 Å². The van der Waals surface area contributed by atoms with E-state index in [-0.39, 0.29) is 29.5 Å². The van der Waals surface area contributed by atoms with Crippen LogP contribution in [0.4, 0.5) is 22.9 Å². The molecule has 0 unspecified atom stereocenters. The van der Waals surface area contributed by atoms with E-state index in [0.717, 1.165) is 0 Å². The van der Waals surface area contributed by atoms with E-state index in [2.05, 4.69) is 36.7 Å². The molecule has 39 heavy (non-hydrogen) atoms. The van der Waals surface area contributed by atoms with Crippen LogP contribution in [-0.2, 0) is 20.3 Å². The van der Waals surface area contributed by atoms with E-state index in [1.807, 2.05) is 32.6 Å². The maximum atomic E-state index is 12.0. The Hall–Kier alpha value is -4.22. The lowest BCUT2D eigenvalue weighted by Crippen LogP contribution is -2.25. The quantitative estimate of drug-likeness (QED) is 0.273. The van der Waals surface area contributed by atoms with E-state index in [9.17, 15) is 18.5 Å². The van der Waals surface area contributed by atoms with E-state index >= 15 is 0 Å². The number of carbonyl (C=O) groups excluding carboxylic acids is 1. The number of azo groups is 1. The highest BCUT2D eigenvalue weighted by atomic mass is 32.2. The number of benzene rings is 1. The molecule has 0 radical (unpaired) electrons. The second kappa shape index (κ2) is 12.1. The molecular weight excluding hydrogens is 522 g/mol. The summed E-state index contributed by atoms with van der Waals surface area (Å²) >= 11 is 0. The molecule has 0 atom stereocenters. The van der Waals surface area contributed by atoms with Crippen molar-refractivity contribution in [1.29, 1.82) is 5.26 Å². The average molecular weight is 554 g/mol.